The van der Waals surface area contributed by atoms with Gasteiger partial charge in [-0.3, -0.25) is 5.32 Å². The molecule has 1 atom stereocenters. The lowest BCUT2D eigenvalue weighted by molar-refractivity contribution is 0.433. The number of nitrogens with one attached hydrogen (secondary N) is 1. The summed E-state index contributed by atoms with van der Waals surface area (Å²) in [7, 11) is 0. The van der Waals surface area contributed by atoms with Gasteiger partial charge in [-0.2, -0.15) is 5.26 Å². The highest BCUT2D eigenvalue weighted by molar-refractivity contribution is 7.07. The van der Waals surface area contributed by atoms with E-state index in [1.54, 1.807) is 16.8 Å². The minimum Gasteiger partial charge on any atom is -0.294 e. The summed E-state index contributed by atoms with van der Waals surface area (Å²) in [5.74, 6) is 0. The molecule has 1 unspecified atom stereocenters. The second kappa shape index (κ2) is 5.97. The number of nitriles is 1. The van der Waals surface area contributed by atoms with E-state index >= 15 is 0 Å². The van der Waals surface area contributed by atoms with Crippen molar-refractivity contribution in [3.63, 3.8) is 0 Å². The Balaban J connectivity index is 1.93. The highest BCUT2D eigenvalue weighted by Crippen LogP contribution is 2.20. The number of nitrogens with zero attached hydrogens (tertiary/aromatic N) is 2. The summed E-state index contributed by atoms with van der Waals surface area (Å²) >= 11 is 1.55. The van der Waals surface area contributed by atoms with E-state index in [9.17, 15) is 0 Å². The molecule has 1 aromatic rings. The summed E-state index contributed by atoms with van der Waals surface area (Å²) in [5, 5.41) is 14.5. The zero-order chi connectivity index (χ0) is 11.2. The van der Waals surface area contributed by atoms with Gasteiger partial charge in [0.25, 0.3) is 0 Å². The van der Waals surface area contributed by atoms with Gasteiger partial charge < -0.3 is 0 Å². The zero-order valence-corrected chi connectivity index (χ0v) is 10.2. The van der Waals surface area contributed by atoms with Crippen molar-refractivity contribution in [2.24, 2.45) is 0 Å². The maximum absolute atomic E-state index is 9.15. The highest BCUT2D eigenvalue weighted by atomic mass is 32.1. The lowest BCUT2D eigenvalue weighted by Gasteiger charge is -2.19. The first kappa shape index (κ1) is 11.6. The Morgan fingerprint density at radius 1 is 1.38 bits per heavy atom. The van der Waals surface area contributed by atoms with Gasteiger partial charge in [0.15, 0.2) is 0 Å². The van der Waals surface area contributed by atoms with Crippen LogP contribution in [-0.4, -0.2) is 11.0 Å². The summed E-state index contributed by atoms with van der Waals surface area (Å²) in [4.78, 5) is 4.21. The van der Waals surface area contributed by atoms with E-state index in [4.69, 9.17) is 5.26 Å². The van der Waals surface area contributed by atoms with Crippen molar-refractivity contribution >= 4 is 11.3 Å². The molecule has 3 nitrogen and oxygen atoms in total. The molecule has 1 aliphatic carbocycles. The Labute approximate surface area is 101 Å². The van der Waals surface area contributed by atoms with Gasteiger partial charge >= 0.3 is 0 Å². The molecular formula is C12H17N3S. The molecule has 16 heavy (non-hydrogen) atoms. The van der Waals surface area contributed by atoms with E-state index in [0.717, 1.165) is 5.69 Å². The number of aromatic nitrogens is 1. The zero-order valence-electron chi connectivity index (χ0n) is 9.35. The first-order chi connectivity index (χ1) is 7.90. The number of thiazole rings is 1. The second-order valence-electron chi connectivity index (χ2n) is 4.33. The molecule has 1 heterocycles. The van der Waals surface area contributed by atoms with E-state index in [1.165, 1.54) is 38.5 Å². The molecule has 1 aliphatic rings. The topological polar surface area (TPSA) is 48.7 Å². The minimum atomic E-state index is -0.227. The lowest BCUT2D eigenvalue weighted by Crippen LogP contribution is -2.31. The normalized spacial score (nSPS) is 19.9. The van der Waals surface area contributed by atoms with E-state index in [1.807, 2.05) is 5.38 Å². The molecule has 0 bridgehead atoms. The third-order valence-corrected chi connectivity index (χ3v) is 3.74. The molecule has 2 rings (SSSR count). The van der Waals surface area contributed by atoms with Gasteiger partial charge in [-0.25, -0.2) is 4.98 Å². The third kappa shape index (κ3) is 3.03. The van der Waals surface area contributed by atoms with Crippen molar-refractivity contribution in [2.45, 2.75) is 50.6 Å². The van der Waals surface area contributed by atoms with Gasteiger partial charge in [0.2, 0.25) is 0 Å². The molecule has 4 heteroatoms. The van der Waals surface area contributed by atoms with Crippen molar-refractivity contribution < 1.29 is 0 Å². The lowest BCUT2D eigenvalue weighted by atomic mass is 10.1. The SMILES string of the molecule is N#CC(NC1CCCCCC1)c1cscn1. The van der Waals surface area contributed by atoms with Gasteiger partial charge in [-0.05, 0) is 12.8 Å². The van der Waals surface area contributed by atoms with E-state index < -0.39 is 0 Å². The van der Waals surface area contributed by atoms with Crippen LogP contribution in [0.15, 0.2) is 10.9 Å². The van der Waals surface area contributed by atoms with Gasteiger partial charge in [0, 0.05) is 11.4 Å². The van der Waals surface area contributed by atoms with Crippen LogP contribution in [0.5, 0.6) is 0 Å². The Kier molecular flexibility index (Phi) is 4.32. The van der Waals surface area contributed by atoms with Crippen molar-refractivity contribution in [1.29, 1.82) is 5.26 Å². The average molecular weight is 235 g/mol. The fraction of sp³-hybridized carbons (Fsp3) is 0.667. The quantitative estimate of drug-likeness (QED) is 0.819. The highest BCUT2D eigenvalue weighted by Gasteiger charge is 2.18. The predicted octanol–water partition coefficient (Wildman–Crippen LogP) is 3.02. The first-order valence-electron chi connectivity index (χ1n) is 5.94. The molecule has 0 saturated heterocycles. The molecule has 0 amide bonds. The van der Waals surface area contributed by atoms with Crippen LogP contribution in [0.25, 0.3) is 0 Å². The average Bonchev–Trinajstić information content (AvgIpc) is 2.71. The molecule has 1 N–H and O–H groups in total. The minimum absolute atomic E-state index is 0.227. The molecule has 86 valence electrons. The van der Waals surface area contributed by atoms with Crippen LogP contribution in [0.2, 0.25) is 0 Å². The van der Waals surface area contributed by atoms with Gasteiger partial charge in [0.1, 0.15) is 6.04 Å². The van der Waals surface area contributed by atoms with E-state index in [2.05, 4.69) is 16.4 Å². The number of hydrogen-bond donors (Lipinski definition) is 1. The Morgan fingerprint density at radius 3 is 2.69 bits per heavy atom. The molecule has 1 saturated carbocycles. The molecule has 0 aliphatic heterocycles. The van der Waals surface area contributed by atoms with Gasteiger partial charge in [-0.15, -0.1) is 11.3 Å². The summed E-state index contributed by atoms with van der Waals surface area (Å²) in [5.41, 5.74) is 2.66. The van der Waals surface area contributed by atoms with Crippen LogP contribution in [-0.2, 0) is 0 Å². The monoisotopic (exact) mass is 235 g/mol. The van der Waals surface area contributed by atoms with Crippen molar-refractivity contribution in [2.75, 3.05) is 0 Å². The van der Waals surface area contributed by atoms with Crippen LogP contribution < -0.4 is 5.32 Å². The van der Waals surface area contributed by atoms with Crippen LogP contribution >= 0.6 is 11.3 Å². The standard InChI is InChI=1S/C12H17N3S/c13-7-11(12-8-16-9-14-12)15-10-5-3-1-2-4-6-10/h8-11,15H,1-6H2. The third-order valence-electron chi connectivity index (χ3n) is 3.13. The summed E-state index contributed by atoms with van der Waals surface area (Å²) < 4.78 is 0. The van der Waals surface area contributed by atoms with Crippen LogP contribution in [0.4, 0.5) is 0 Å². The molecule has 0 aromatic carbocycles. The number of hydrogen-bond acceptors (Lipinski definition) is 4. The van der Waals surface area contributed by atoms with E-state index in [0.29, 0.717) is 6.04 Å². The van der Waals surface area contributed by atoms with Crippen molar-refractivity contribution in [3.8, 4) is 6.07 Å². The Bertz CT molecular complexity index is 334. The molecule has 0 radical (unpaired) electrons. The predicted molar refractivity (Wildman–Crippen MR) is 65.1 cm³/mol. The van der Waals surface area contributed by atoms with Gasteiger partial charge in [0.05, 0.1) is 17.3 Å². The maximum Gasteiger partial charge on any atom is 0.139 e. The van der Waals surface area contributed by atoms with Crippen LogP contribution in [0, 0.1) is 11.3 Å². The molecule has 1 fully saturated rings. The summed E-state index contributed by atoms with van der Waals surface area (Å²) in [6.07, 6.45) is 7.64. The smallest absolute Gasteiger partial charge is 0.139 e. The maximum atomic E-state index is 9.15. The number of rotatable bonds is 3. The Morgan fingerprint density at radius 2 is 2.12 bits per heavy atom. The fourth-order valence-electron chi connectivity index (χ4n) is 2.23. The molecule has 1 aromatic heterocycles. The largest absolute Gasteiger partial charge is 0.294 e. The van der Waals surface area contributed by atoms with Crippen LogP contribution in [0.3, 0.4) is 0 Å². The Hall–Kier alpha value is -0.920. The van der Waals surface area contributed by atoms with Crippen LogP contribution in [0.1, 0.15) is 50.3 Å². The van der Waals surface area contributed by atoms with Crippen molar-refractivity contribution in [3.05, 3.63) is 16.6 Å². The summed E-state index contributed by atoms with van der Waals surface area (Å²) in [6.45, 7) is 0. The fourth-order valence-corrected chi connectivity index (χ4v) is 2.81. The van der Waals surface area contributed by atoms with E-state index in [-0.39, 0.29) is 6.04 Å². The van der Waals surface area contributed by atoms with Gasteiger partial charge in [-0.1, -0.05) is 25.7 Å². The molecule has 0 spiro atoms. The second-order valence-corrected chi connectivity index (χ2v) is 5.05. The first-order valence-corrected chi connectivity index (χ1v) is 6.88. The van der Waals surface area contributed by atoms with Crippen molar-refractivity contribution in [1.82, 2.24) is 10.3 Å². The molecular weight excluding hydrogens is 218 g/mol. The summed E-state index contributed by atoms with van der Waals surface area (Å²) in [6, 6.07) is 2.57.